The molecule has 0 aromatic carbocycles. The van der Waals surface area contributed by atoms with Gasteiger partial charge in [-0.15, -0.1) is 0 Å². The molecule has 0 spiro atoms. The molecule has 0 aromatic rings. The molecule has 1 heterocycles. The predicted molar refractivity (Wildman–Crippen MR) is 34.4 cm³/mol. The molecule has 44 valence electrons. The molecule has 0 bridgehead atoms. The number of hydrogen-bond acceptors (Lipinski definition) is 4. The maximum Gasteiger partial charge on any atom is 0.200 e. The summed E-state index contributed by atoms with van der Waals surface area (Å²) >= 11 is 0. The van der Waals surface area contributed by atoms with Crippen molar-refractivity contribution in [2.75, 3.05) is 0 Å². The van der Waals surface area contributed by atoms with E-state index in [-0.39, 0.29) is 10.2 Å². The highest BCUT2D eigenvalue weighted by atomic mass is 33.1. The van der Waals surface area contributed by atoms with Gasteiger partial charge in [0.05, 0.1) is 0 Å². The quantitative estimate of drug-likeness (QED) is 0.484. The van der Waals surface area contributed by atoms with Crippen molar-refractivity contribution in [2.24, 2.45) is 0 Å². The summed E-state index contributed by atoms with van der Waals surface area (Å²) in [6, 6.07) is 0. The minimum atomic E-state index is 0.120. The van der Waals surface area contributed by atoms with Crippen molar-refractivity contribution < 1.29 is 9.59 Å². The largest absolute Gasteiger partial charge is 0.286 e. The van der Waals surface area contributed by atoms with Crippen LogP contribution in [0.3, 0.4) is 0 Å². The van der Waals surface area contributed by atoms with E-state index in [2.05, 4.69) is 0 Å². The highest BCUT2D eigenvalue weighted by molar-refractivity contribution is 8.87. The molecule has 8 heavy (non-hydrogen) atoms. The van der Waals surface area contributed by atoms with Crippen LogP contribution in [0.1, 0.15) is 12.8 Å². The van der Waals surface area contributed by atoms with Crippen molar-refractivity contribution >= 4 is 31.8 Å². The molecule has 0 radical (unpaired) electrons. The van der Waals surface area contributed by atoms with Crippen LogP contribution >= 0.6 is 21.6 Å². The minimum Gasteiger partial charge on any atom is -0.286 e. The Kier molecular flexibility index (Phi) is 1.96. The zero-order valence-electron chi connectivity index (χ0n) is 4.05. The fourth-order valence-electron chi connectivity index (χ4n) is 0.380. The summed E-state index contributed by atoms with van der Waals surface area (Å²) in [4.78, 5) is 20.8. The first-order chi connectivity index (χ1) is 3.79. The van der Waals surface area contributed by atoms with Crippen molar-refractivity contribution in [2.45, 2.75) is 12.8 Å². The lowest BCUT2D eigenvalue weighted by atomic mass is 10.4. The van der Waals surface area contributed by atoms with Gasteiger partial charge >= 0.3 is 0 Å². The Balaban J connectivity index is 2.40. The van der Waals surface area contributed by atoms with Crippen LogP contribution in [0.5, 0.6) is 0 Å². The molecule has 0 atom stereocenters. The van der Waals surface area contributed by atoms with Crippen molar-refractivity contribution in [1.82, 2.24) is 0 Å². The normalized spacial score (nSPS) is 21.5. The molecular formula is C4H4O2S2. The van der Waals surface area contributed by atoms with E-state index >= 15 is 0 Å². The summed E-state index contributed by atoms with van der Waals surface area (Å²) in [5.74, 6) is 0. The van der Waals surface area contributed by atoms with Crippen LogP contribution in [0.25, 0.3) is 0 Å². The second-order valence-corrected chi connectivity index (χ2v) is 3.65. The van der Waals surface area contributed by atoms with E-state index in [0.717, 1.165) is 21.6 Å². The van der Waals surface area contributed by atoms with Gasteiger partial charge in [-0.05, 0) is 21.6 Å². The van der Waals surface area contributed by atoms with Crippen LogP contribution in [0.15, 0.2) is 0 Å². The zero-order valence-corrected chi connectivity index (χ0v) is 5.68. The molecule has 1 fully saturated rings. The highest BCUT2D eigenvalue weighted by Gasteiger charge is 2.16. The molecule has 0 amide bonds. The molecular weight excluding hydrogens is 144 g/mol. The highest BCUT2D eigenvalue weighted by Crippen LogP contribution is 2.31. The van der Waals surface area contributed by atoms with E-state index in [9.17, 15) is 9.59 Å². The third kappa shape index (κ3) is 1.52. The molecule has 1 rings (SSSR count). The van der Waals surface area contributed by atoms with Gasteiger partial charge in [0.1, 0.15) is 0 Å². The fourth-order valence-corrected chi connectivity index (χ4v) is 1.99. The van der Waals surface area contributed by atoms with E-state index in [1.807, 2.05) is 0 Å². The maximum absolute atomic E-state index is 10.4. The van der Waals surface area contributed by atoms with Crippen LogP contribution in [0.4, 0.5) is 0 Å². The first-order valence-corrected chi connectivity index (χ1v) is 4.34. The molecule has 1 aliphatic rings. The first-order valence-electron chi connectivity index (χ1n) is 2.19. The third-order valence-electron chi connectivity index (χ3n) is 0.761. The van der Waals surface area contributed by atoms with E-state index in [1.165, 1.54) is 0 Å². The summed E-state index contributed by atoms with van der Waals surface area (Å²) in [7, 11) is 2.11. The van der Waals surface area contributed by atoms with Crippen LogP contribution in [-0.4, -0.2) is 10.2 Å². The Labute approximate surface area is 54.8 Å². The van der Waals surface area contributed by atoms with Crippen LogP contribution in [0, 0.1) is 0 Å². The summed E-state index contributed by atoms with van der Waals surface area (Å²) in [5.41, 5.74) is 0. The average Bonchev–Trinajstić information content (AvgIpc) is 1.77. The molecule has 0 aromatic heterocycles. The zero-order chi connectivity index (χ0) is 5.98. The van der Waals surface area contributed by atoms with Gasteiger partial charge in [0.25, 0.3) is 0 Å². The Morgan fingerprint density at radius 1 is 1.00 bits per heavy atom. The Morgan fingerprint density at radius 2 is 1.38 bits per heavy atom. The minimum absolute atomic E-state index is 0.120. The van der Waals surface area contributed by atoms with E-state index < -0.39 is 0 Å². The van der Waals surface area contributed by atoms with Crippen molar-refractivity contribution in [3.05, 3.63) is 0 Å². The predicted octanol–water partition coefficient (Wildman–Crippen LogP) is 1.21. The third-order valence-corrected chi connectivity index (χ3v) is 2.99. The Hall–Kier alpha value is 0.0400. The standard InChI is InChI=1S/C4H4O2S2/c5-3-1-2-4(6)8-7-3/h1-2H2. The first kappa shape index (κ1) is 6.16. The van der Waals surface area contributed by atoms with Gasteiger partial charge in [-0.25, -0.2) is 0 Å². The van der Waals surface area contributed by atoms with Gasteiger partial charge in [-0.3, -0.25) is 9.59 Å². The summed E-state index contributed by atoms with van der Waals surface area (Å²) in [6.45, 7) is 0. The lowest BCUT2D eigenvalue weighted by molar-refractivity contribution is -0.115. The lowest BCUT2D eigenvalue weighted by Crippen LogP contribution is -2.01. The van der Waals surface area contributed by atoms with Gasteiger partial charge in [-0.1, -0.05) is 0 Å². The molecule has 0 N–H and O–H groups in total. The van der Waals surface area contributed by atoms with Gasteiger partial charge in [-0.2, -0.15) is 0 Å². The van der Waals surface area contributed by atoms with E-state index in [4.69, 9.17) is 0 Å². The number of carbonyl (C=O) groups is 2. The van der Waals surface area contributed by atoms with Crippen molar-refractivity contribution in [3.8, 4) is 0 Å². The number of hydrogen-bond donors (Lipinski definition) is 0. The van der Waals surface area contributed by atoms with Gasteiger partial charge in [0.2, 0.25) is 0 Å². The maximum atomic E-state index is 10.4. The van der Waals surface area contributed by atoms with Crippen LogP contribution in [0.2, 0.25) is 0 Å². The van der Waals surface area contributed by atoms with Crippen LogP contribution < -0.4 is 0 Å². The lowest BCUT2D eigenvalue weighted by Gasteiger charge is -2.02. The second kappa shape index (κ2) is 2.55. The topological polar surface area (TPSA) is 34.1 Å². The second-order valence-electron chi connectivity index (χ2n) is 1.41. The van der Waals surface area contributed by atoms with Gasteiger partial charge < -0.3 is 0 Å². The fraction of sp³-hybridized carbons (Fsp3) is 0.500. The summed E-state index contributed by atoms with van der Waals surface area (Å²) in [5, 5.41) is 0.240. The molecule has 0 aliphatic carbocycles. The Morgan fingerprint density at radius 3 is 1.62 bits per heavy atom. The molecule has 1 aliphatic heterocycles. The molecule has 0 saturated carbocycles. The van der Waals surface area contributed by atoms with Gasteiger partial charge in [0, 0.05) is 12.8 Å². The summed E-state index contributed by atoms with van der Waals surface area (Å²) < 4.78 is 0. The van der Waals surface area contributed by atoms with Crippen molar-refractivity contribution in [1.29, 1.82) is 0 Å². The van der Waals surface area contributed by atoms with Crippen LogP contribution in [-0.2, 0) is 9.59 Å². The molecule has 4 heteroatoms. The average molecular weight is 148 g/mol. The molecule has 2 nitrogen and oxygen atoms in total. The van der Waals surface area contributed by atoms with E-state index in [1.54, 1.807) is 0 Å². The molecule has 0 unspecified atom stereocenters. The van der Waals surface area contributed by atoms with Crippen molar-refractivity contribution in [3.63, 3.8) is 0 Å². The SMILES string of the molecule is O=C1CCC(=O)SS1. The number of rotatable bonds is 0. The smallest absolute Gasteiger partial charge is 0.200 e. The number of carbonyl (C=O) groups excluding carboxylic acids is 2. The monoisotopic (exact) mass is 148 g/mol. The van der Waals surface area contributed by atoms with E-state index in [0.29, 0.717) is 12.8 Å². The Bertz CT molecular complexity index is 104. The molecule has 1 saturated heterocycles. The van der Waals surface area contributed by atoms with Gasteiger partial charge in [0.15, 0.2) is 10.2 Å². The summed E-state index contributed by atoms with van der Waals surface area (Å²) in [6.07, 6.45) is 0.854.